The van der Waals surface area contributed by atoms with Crippen LogP contribution in [0.1, 0.15) is 12.8 Å². The summed E-state index contributed by atoms with van der Waals surface area (Å²) in [5, 5.41) is 11.5. The number of carbonyl (C=O) groups is 2. The van der Waals surface area contributed by atoms with Gasteiger partial charge < -0.3 is 10.1 Å². The Labute approximate surface area is 103 Å². The van der Waals surface area contributed by atoms with Crippen LogP contribution in [0.5, 0.6) is 0 Å². The number of ketones is 2. The summed E-state index contributed by atoms with van der Waals surface area (Å²) in [6.07, 6.45) is 4.09. The monoisotopic (exact) mass is 254 g/mol. The molecule has 2 aliphatic rings. The van der Waals surface area contributed by atoms with E-state index in [1.807, 2.05) is 0 Å². The molecular formula is C11H11ClN2O3. The van der Waals surface area contributed by atoms with Crippen LogP contribution in [0.25, 0.3) is 0 Å². The lowest BCUT2D eigenvalue weighted by Crippen LogP contribution is -2.32. The van der Waals surface area contributed by atoms with Crippen molar-refractivity contribution in [1.29, 1.82) is 0 Å². The first-order valence-electron chi connectivity index (χ1n) is 5.28. The number of likely N-dealkylation sites (tertiary alicyclic amines) is 1. The average molecular weight is 255 g/mol. The Kier molecular flexibility index (Phi) is 3.28. The van der Waals surface area contributed by atoms with Crippen molar-refractivity contribution in [2.24, 2.45) is 5.16 Å². The standard InChI is InChI=1S/C11H11ClN2O3/c12-9-7(6-13-17)5-8(15)11(16)10(9)14-3-1-2-4-14/h5-6,17H,1-4H2. The van der Waals surface area contributed by atoms with E-state index in [4.69, 9.17) is 16.8 Å². The van der Waals surface area contributed by atoms with Crippen LogP contribution in [-0.4, -0.2) is 41.0 Å². The second kappa shape index (κ2) is 4.71. The lowest BCUT2D eigenvalue weighted by Gasteiger charge is -2.23. The van der Waals surface area contributed by atoms with Crippen LogP contribution in [0.2, 0.25) is 0 Å². The Hall–Kier alpha value is -1.62. The molecular weight excluding hydrogens is 244 g/mol. The van der Waals surface area contributed by atoms with Crippen molar-refractivity contribution in [2.45, 2.75) is 12.8 Å². The first-order chi connectivity index (χ1) is 8.15. The molecule has 0 aromatic rings. The maximum absolute atomic E-state index is 11.8. The molecule has 1 aliphatic carbocycles. The van der Waals surface area contributed by atoms with Crippen molar-refractivity contribution in [3.05, 3.63) is 22.4 Å². The van der Waals surface area contributed by atoms with Gasteiger partial charge in [-0.3, -0.25) is 9.59 Å². The highest BCUT2D eigenvalue weighted by Gasteiger charge is 2.32. The third-order valence-electron chi connectivity index (χ3n) is 2.81. The van der Waals surface area contributed by atoms with Gasteiger partial charge >= 0.3 is 0 Å². The maximum Gasteiger partial charge on any atom is 0.250 e. The first kappa shape index (κ1) is 11.9. The summed E-state index contributed by atoms with van der Waals surface area (Å²) < 4.78 is 0. The predicted octanol–water partition coefficient (Wildman–Crippen LogP) is 1.07. The van der Waals surface area contributed by atoms with E-state index in [9.17, 15) is 9.59 Å². The molecule has 5 nitrogen and oxygen atoms in total. The van der Waals surface area contributed by atoms with Crippen molar-refractivity contribution in [3.63, 3.8) is 0 Å². The fourth-order valence-corrected chi connectivity index (χ4v) is 2.31. The van der Waals surface area contributed by atoms with Gasteiger partial charge in [0.05, 0.1) is 11.2 Å². The molecule has 90 valence electrons. The van der Waals surface area contributed by atoms with Gasteiger partial charge in [0.25, 0.3) is 0 Å². The Morgan fingerprint density at radius 2 is 2.00 bits per heavy atom. The van der Waals surface area contributed by atoms with Gasteiger partial charge in [-0.25, -0.2) is 0 Å². The van der Waals surface area contributed by atoms with Crippen LogP contribution in [0.15, 0.2) is 27.5 Å². The average Bonchev–Trinajstić information content (AvgIpc) is 2.80. The minimum absolute atomic E-state index is 0.175. The summed E-state index contributed by atoms with van der Waals surface area (Å²) in [7, 11) is 0. The van der Waals surface area contributed by atoms with Crippen LogP contribution in [0.4, 0.5) is 0 Å². The molecule has 1 aliphatic heterocycles. The molecule has 0 bridgehead atoms. The third kappa shape index (κ3) is 2.10. The third-order valence-corrected chi connectivity index (χ3v) is 3.20. The summed E-state index contributed by atoms with van der Waals surface area (Å²) in [5.74, 6) is -1.22. The van der Waals surface area contributed by atoms with Crippen molar-refractivity contribution in [1.82, 2.24) is 4.90 Å². The van der Waals surface area contributed by atoms with E-state index >= 15 is 0 Å². The molecule has 0 aromatic carbocycles. The molecule has 0 aromatic heterocycles. The minimum Gasteiger partial charge on any atom is -0.411 e. The predicted molar refractivity (Wildman–Crippen MR) is 62.1 cm³/mol. The van der Waals surface area contributed by atoms with E-state index in [-0.39, 0.29) is 16.3 Å². The Balaban J connectivity index is 2.43. The number of allylic oxidation sites excluding steroid dienone is 4. The van der Waals surface area contributed by atoms with Crippen molar-refractivity contribution in [3.8, 4) is 0 Å². The van der Waals surface area contributed by atoms with Crippen LogP contribution in [-0.2, 0) is 9.59 Å². The highest BCUT2D eigenvalue weighted by atomic mass is 35.5. The summed E-state index contributed by atoms with van der Waals surface area (Å²) in [5.41, 5.74) is 0.493. The number of hydrogen-bond acceptors (Lipinski definition) is 5. The van der Waals surface area contributed by atoms with Crippen LogP contribution < -0.4 is 0 Å². The molecule has 0 saturated carbocycles. The van der Waals surface area contributed by atoms with Crippen LogP contribution in [0, 0.1) is 0 Å². The summed E-state index contributed by atoms with van der Waals surface area (Å²) in [6.45, 7) is 1.43. The molecule has 0 spiro atoms. The van der Waals surface area contributed by atoms with E-state index in [1.165, 1.54) is 0 Å². The zero-order valence-electron chi connectivity index (χ0n) is 9.02. The molecule has 6 heteroatoms. The highest BCUT2D eigenvalue weighted by Crippen LogP contribution is 2.28. The van der Waals surface area contributed by atoms with E-state index in [0.717, 1.165) is 25.1 Å². The van der Waals surface area contributed by atoms with Crippen molar-refractivity contribution in [2.75, 3.05) is 13.1 Å². The molecule has 2 rings (SSSR count). The largest absolute Gasteiger partial charge is 0.411 e. The number of rotatable bonds is 2. The number of hydrogen-bond donors (Lipinski definition) is 1. The Bertz CT molecular complexity index is 459. The molecule has 17 heavy (non-hydrogen) atoms. The van der Waals surface area contributed by atoms with Gasteiger partial charge in [-0.1, -0.05) is 16.8 Å². The van der Waals surface area contributed by atoms with Crippen molar-refractivity contribution < 1.29 is 14.8 Å². The van der Waals surface area contributed by atoms with Gasteiger partial charge in [-0.2, -0.15) is 0 Å². The second-order valence-corrected chi connectivity index (χ2v) is 4.27. The molecule has 1 saturated heterocycles. The fraction of sp³-hybridized carbons (Fsp3) is 0.364. The van der Waals surface area contributed by atoms with Gasteiger partial charge in [0.1, 0.15) is 5.70 Å². The first-order valence-corrected chi connectivity index (χ1v) is 5.66. The second-order valence-electron chi connectivity index (χ2n) is 3.89. The Morgan fingerprint density at radius 3 is 2.59 bits per heavy atom. The van der Waals surface area contributed by atoms with E-state index in [0.29, 0.717) is 13.1 Å². The van der Waals surface area contributed by atoms with Gasteiger partial charge in [0.15, 0.2) is 0 Å². The molecule has 0 atom stereocenters. The fourth-order valence-electron chi connectivity index (χ4n) is 2.00. The molecule has 1 fully saturated rings. The normalized spacial score (nSPS) is 21.7. The lowest BCUT2D eigenvalue weighted by molar-refractivity contribution is -0.132. The van der Waals surface area contributed by atoms with E-state index in [1.54, 1.807) is 4.90 Å². The summed E-state index contributed by atoms with van der Waals surface area (Å²) >= 11 is 6.06. The number of halogens is 1. The highest BCUT2D eigenvalue weighted by molar-refractivity contribution is 6.53. The van der Waals surface area contributed by atoms with Crippen LogP contribution in [0.3, 0.4) is 0 Å². The van der Waals surface area contributed by atoms with Crippen molar-refractivity contribution >= 4 is 29.4 Å². The summed E-state index contributed by atoms with van der Waals surface area (Å²) in [4.78, 5) is 25.1. The number of nitrogens with zero attached hydrogens (tertiary/aromatic N) is 2. The summed E-state index contributed by atoms with van der Waals surface area (Å²) in [6, 6.07) is 0. The zero-order valence-corrected chi connectivity index (χ0v) is 9.78. The van der Waals surface area contributed by atoms with E-state index in [2.05, 4.69) is 5.16 Å². The molecule has 0 amide bonds. The molecule has 0 radical (unpaired) electrons. The zero-order chi connectivity index (χ0) is 12.4. The molecule has 0 unspecified atom stereocenters. The van der Waals surface area contributed by atoms with Gasteiger partial charge in [0.2, 0.25) is 11.6 Å². The van der Waals surface area contributed by atoms with Crippen LogP contribution >= 0.6 is 11.6 Å². The van der Waals surface area contributed by atoms with Gasteiger partial charge in [-0.15, -0.1) is 0 Å². The topological polar surface area (TPSA) is 70.0 Å². The van der Waals surface area contributed by atoms with E-state index < -0.39 is 11.6 Å². The lowest BCUT2D eigenvalue weighted by atomic mass is 10.0. The minimum atomic E-state index is -0.633. The number of carbonyl (C=O) groups excluding carboxylic acids is 2. The number of Topliss-reactive ketones (excluding diaryl/α,β-unsaturated/α-hetero) is 1. The Morgan fingerprint density at radius 1 is 1.35 bits per heavy atom. The molecule has 1 N–H and O–H groups in total. The SMILES string of the molecule is O=C1C=C(C=NO)C(Cl)=C(N2CCCC2)C1=O. The number of oxime groups is 1. The quantitative estimate of drug-likeness (QED) is 0.263. The molecule has 1 heterocycles. The maximum atomic E-state index is 11.8. The van der Waals surface area contributed by atoms with Gasteiger partial charge in [0, 0.05) is 24.7 Å². The van der Waals surface area contributed by atoms with Gasteiger partial charge in [-0.05, 0) is 12.8 Å². The smallest absolute Gasteiger partial charge is 0.250 e.